The molecule has 3 heteroatoms. The van der Waals surface area contributed by atoms with E-state index in [1.807, 2.05) is 0 Å². The number of benzene rings is 1. The van der Waals surface area contributed by atoms with Crippen LogP contribution in [-0.4, -0.2) is 16.1 Å². The molecule has 1 aromatic carbocycles. The van der Waals surface area contributed by atoms with E-state index in [0.717, 1.165) is 17.9 Å². The molecule has 2 rings (SSSR count). The van der Waals surface area contributed by atoms with E-state index in [1.165, 1.54) is 16.8 Å². The highest BCUT2D eigenvalue weighted by atomic mass is 15.1. The molecule has 17 heavy (non-hydrogen) atoms. The molecule has 2 aromatic rings. The number of aromatic nitrogens is 2. The van der Waals surface area contributed by atoms with Gasteiger partial charge in [0.1, 0.15) is 5.82 Å². The predicted molar refractivity (Wildman–Crippen MR) is 70.9 cm³/mol. The highest BCUT2D eigenvalue weighted by Crippen LogP contribution is 2.26. The largest absolute Gasteiger partial charge is 0.331 e. The summed E-state index contributed by atoms with van der Waals surface area (Å²) in [6.45, 7) is 4.82. The zero-order chi connectivity index (χ0) is 12.4. The smallest absolute Gasteiger partial charge is 0.110 e. The third-order valence-electron chi connectivity index (χ3n) is 3.13. The summed E-state index contributed by atoms with van der Waals surface area (Å²) in [4.78, 5) is 4.60. The summed E-state index contributed by atoms with van der Waals surface area (Å²) >= 11 is 0. The molecule has 0 saturated heterocycles. The molecular formula is C14H19N3. The summed E-state index contributed by atoms with van der Waals surface area (Å²) in [6.07, 6.45) is 0.823. The summed E-state index contributed by atoms with van der Waals surface area (Å²) < 4.78 is 2.16. The van der Waals surface area contributed by atoms with Gasteiger partial charge in [-0.1, -0.05) is 24.3 Å². The van der Waals surface area contributed by atoms with Gasteiger partial charge in [0.15, 0.2) is 0 Å². The van der Waals surface area contributed by atoms with Gasteiger partial charge in [-0.2, -0.15) is 0 Å². The lowest BCUT2D eigenvalue weighted by molar-refractivity contribution is 0.781. The van der Waals surface area contributed by atoms with Crippen LogP contribution in [0, 0.1) is 13.8 Å². The molecule has 0 bridgehead atoms. The normalized spacial score (nSPS) is 10.8. The molecule has 3 nitrogen and oxygen atoms in total. The number of nitrogens with zero attached hydrogens (tertiary/aromatic N) is 2. The van der Waals surface area contributed by atoms with Crippen LogP contribution in [0.5, 0.6) is 0 Å². The fourth-order valence-electron chi connectivity index (χ4n) is 2.26. The summed E-state index contributed by atoms with van der Waals surface area (Å²) in [5.74, 6) is 1.06. The Balaban J connectivity index is 2.56. The monoisotopic (exact) mass is 229 g/mol. The Bertz CT molecular complexity index is 526. The molecule has 1 aromatic heterocycles. The lowest BCUT2D eigenvalue weighted by Crippen LogP contribution is -2.08. The van der Waals surface area contributed by atoms with Gasteiger partial charge in [0.2, 0.25) is 0 Å². The van der Waals surface area contributed by atoms with Crippen molar-refractivity contribution in [2.75, 3.05) is 6.54 Å². The third kappa shape index (κ3) is 2.11. The number of hydrogen-bond donors (Lipinski definition) is 1. The molecule has 2 N–H and O–H groups in total. The topological polar surface area (TPSA) is 43.8 Å². The van der Waals surface area contributed by atoms with Crippen LogP contribution in [0.3, 0.4) is 0 Å². The van der Waals surface area contributed by atoms with Gasteiger partial charge < -0.3 is 10.3 Å². The van der Waals surface area contributed by atoms with Crippen LogP contribution in [0.2, 0.25) is 0 Å². The Kier molecular flexibility index (Phi) is 3.29. The van der Waals surface area contributed by atoms with Gasteiger partial charge in [0.05, 0.1) is 11.4 Å². The Hall–Kier alpha value is -1.61. The summed E-state index contributed by atoms with van der Waals surface area (Å²) in [7, 11) is 2.06. The van der Waals surface area contributed by atoms with Gasteiger partial charge in [-0.3, -0.25) is 0 Å². The van der Waals surface area contributed by atoms with Gasteiger partial charge in [0, 0.05) is 19.0 Å². The highest BCUT2D eigenvalue weighted by Gasteiger charge is 2.13. The van der Waals surface area contributed by atoms with E-state index in [0.29, 0.717) is 6.54 Å². The van der Waals surface area contributed by atoms with E-state index in [1.54, 1.807) is 0 Å². The van der Waals surface area contributed by atoms with Gasteiger partial charge >= 0.3 is 0 Å². The highest BCUT2D eigenvalue weighted by molar-refractivity contribution is 5.66. The Morgan fingerprint density at radius 1 is 1.24 bits per heavy atom. The minimum Gasteiger partial charge on any atom is -0.331 e. The van der Waals surface area contributed by atoms with Gasteiger partial charge in [0.25, 0.3) is 0 Å². The molecular weight excluding hydrogens is 210 g/mol. The maximum atomic E-state index is 5.60. The van der Waals surface area contributed by atoms with Crippen LogP contribution in [0.4, 0.5) is 0 Å². The standard InChI is InChI=1S/C14H19N3/c1-10-6-4-5-7-12(10)14-11(2)16-13(8-9-15)17(14)3/h4-7H,8-9,15H2,1-3H3. The number of hydrogen-bond acceptors (Lipinski definition) is 2. The van der Waals surface area contributed by atoms with Crippen molar-refractivity contribution in [3.05, 3.63) is 41.3 Å². The molecule has 90 valence electrons. The van der Waals surface area contributed by atoms with Crippen LogP contribution in [0.1, 0.15) is 17.1 Å². The second kappa shape index (κ2) is 4.72. The fraction of sp³-hybridized carbons (Fsp3) is 0.357. The molecule has 0 unspecified atom stereocenters. The van der Waals surface area contributed by atoms with E-state index < -0.39 is 0 Å². The quantitative estimate of drug-likeness (QED) is 0.877. The average molecular weight is 229 g/mol. The van der Waals surface area contributed by atoms with Crippen molar-refractivity contribution in [3.8, 4) is 11.3 Å². The number of imidazole rings is 1. The molecule has 1 heterocycles. The van der Waals surface area contributed by atoms with E-state index in [9.17, 15) is 0 Å². The Morgan fingerprint density at radius 3 is 2.59 bits per heavy atom. The zero-order valence-corrected chi connectivity index (χ0v) is 10.7. The first-order valence-electron chi connectivity index (χ1n) is 5.93. The summed E-state index contributed by atoms with van der Waals surface area (Å²) in [6, 6.07) is 8.40. The fourth-order valence-corrected chi connectivity index (χ4v) is 2.26. The van der Waals surface area contributed by atoms with Crippen molar-refractivity contribution in [1.29, 1.82) is 0 Å². The van der Waals surface area contributed by atoms with Crippen molar-refractivity contribution in [2.24, 2.45) is 12.8 Å². The molecule has 0 fully saturated rings. The van der Waals surface area contributed by atoms with E-state index in [2.05, 4.69) is 54.7 Å². The average Bonchev–Trinajstić information content (AvgIpc) is 2.57. The number of rotatable bonds is 3. The molecule has 0 spiro atoms. The van der Waals surface area contributed by atoms with Crippen LogP contribution in [0.15, 0.2) is 24.3 Å². The zero-order valence-electron chi connectivity index (χ0n) is 10.7. The van der Waals surface area contributed by atoms with Crippen LogP contribution < -0.4 is 5.73 Å². The SMILES string of the molecule is Cc1ccccc1-c1c(C)nc(CCN)n1C. The van der Waals surface area contributed by atoms with Crippen LogP contribution in [-0.2, 0) is 13.5 Å². The Labute approximate surface area is 102 Å². The lowest BCUT2D eigenvalue weighted by atomic mass is 10.0. The first-order chi connectivity index (χ1) is 8.15. The summed E-state index contributed by atoms with van der Waals surface area (Å²) in [5.41, 5.74) is 10.4. The molecule has 0 atom stereocenters. The van der Waals surface area contributed by atoms with Gasteiger partial charge in [-0.05, 0) is 26.0 Å². The molecule has 0 aliphatic rings. The predicted octanol–water partition coefficient (Wildman–Crippen LogP) is 2.21. The minimum absolute atomic E-state index is 0.636. The van der Waals surface area contributed by atoms with Crippen molar-refractivity contribution >= 4 is 0 Å². The summed E-state index contributed by atoms with van der Waals surface area (Å²) in [5, 5.41) is 0. The number of nitrogens with two attached hydrogens (primary N) is 1. The molecule has 0 aliphatic heterocycles. The van der Waals surface area contributed by atoms with E-state index >= 15 is 0 Å². The van der Waals surface area contributed by atoms with Crippen molar-refractivity contribution in [3.63, 3.8) is 0 Å². The second-order valence-corrected chi connectivity index (χ2v) is 4.37. The van der Waals surface area contributed by atoms with E-state index in [4.69, 9.17) is 5.73 Å². The third-order valence-corrected chi connectivity index (χ3v) is 3.13. The van der Waals surface area contributed by atoms with Crippen molar-refractivity contribution in [1.82, 2.24) is 9.55 Å². The first-order valence-corrected chi connectivity index (χ1v) is 5.93. The molecule has 0 saturated carbocycles. The van der Waals surface area contributed by atoms with Gasteiger partial charge in [-0.25, -0.2) is 4.98 Å². The number of aryl methyl sites for hydroxylation is 2. The maximum absolute atomic E-state index is 5.60. The molecule has 0 radical (unpaired) electrons. The van der Waals surface area contributed by atoms with Crippen molar-refractivity contribution in [2.45, 2.75) is 20.3 Å². The lowest BCUT2D eigenvalue weighted by Gasteiger charge is -2.09. The van der Waals surface area contributed by atoms with Crippen molar-refractivity contribution < 1.29 is 0 Å². The van der Waals surface area contributed by atoms with Gasteiger partial charge in [-0.15, -0.1) is 0 Å². The van der Waals surface area contributed by atoms with Crippen LogP contribution >= 0.6 is 0 Å². The Morgan fingerprint density at radius 2 is 1.94 bits per heavy atom. The minimum atomic E-state index is 0.636. The maximum Gasteiger partial charge on any atom is 0.110 e. The molecule has 0 aliphatic carbocycles. The van der Waals surface area contributed by atoms with E-state index in [-0.39, 0.29) is 0 Å². The second-order valence-electron chi connectivity index (χ2n) is 4.37. The van der Waals surface area contributed by atoms with Crippen LogP contribution in [0.25, 0.3) is 11.3 Å². The molecule has 0 amide bonds. The first kappa shape index (κ1) is 11.9.